The molecule has 0 aromatic heterocycles. The maximum atomic E-state index is 12.3. The van der Waals surface area contributed by atoms with Gasteiger partial charge in [0.05, 0.1) is 24.7 Å². The molecular formula is C18H27NO6S. The van der Waals surface area contributed by atoms with Crippen LogP contribution in [-0.2, 0) is 19.4 Å². The van der Waals surface area contributed by atoms with Crippen LogP contribution in [0.3, 0.4) is 0 Å². The third-order valence-corrected chi connectivity index (χ3v) is 5.66. The van der Waals surface area contributed by atoms with E-state index in [2.05, 4.69) is 4.90 Å². The van der Waals surface area contributed by atoms with Crippen molar-refractivity contribution in [3.8, 4) is 11.5 Å². The topological polar surface area (TPSA) is 82.1 Å². The molecule has 1 fully saturated rings. The first-order valence-corrected chi connectivity index (χ1v) is 10.5. The van der Waals surface area contributed by atoms with E-state index in [1.807, 2.05) is 6.92 Å². The van der Waals surface area contributed by atoms with Crippen LogP contribution in [0.25, 0.3) is 0 Å². The van der Waals surface area contributed by atoms with Crippen molar-refractivity contribution >= 4 is 15.6 Å². The van der Waals surface area contributed by atoms with E-state index < -0.39 is 21.4 Å². The number of ketones is 1. The normalized spacial score (nSPS) is 15.6. The number of hydrogen-bond donors (Lipinski definition) is 0. The van der Waals surface area contributed by atoms with Gasteiger partial charge in [0, 0.05) is 25.7 Å². The molecule has 26 heavy (non-hydrogen) atoms. The number of ether oxygens (including phenoxy) is 3. The molecule has 0 aliphatic carbocycles. The SMILES string of the molecule is CCCOc1cc(S(=O)(=O)CC(C)=O)ccc1OCCN1CCOCC1. The molecule has 146 valence electrons. The van der Waals surface area contributed by atoms with Gasteiger partial charge < -0.3 is 14.2 Å². The van der Waals surface area contributed by atoms with E-state index in [4.69, 9.17) is 14.2 Å². The van der Waals surface area contributed by atoms with E-state index in [0.717, 1.165) is 39.3 Å². The molecule has 2 rings (SSSR count). The van der Waals surface area contributed by atoms with Gasteiger partial charge in [0.1, 0.15) is 18.1 Å². The van der Waals surface area contributed by atoms with Gasteiger partial charge in [-0.05, 0) is 25.5 Å². The summed E-state index contributed by atoms with van der Waals surface area (Å²) in [7, 11) is -3.67. The molecule has 0 amide bonds. The Balaban J connectivity index is 2.07. The zero-order valence-corrected chi connectivity index (χ0v) is 16.2. The lowest BCUT2D eigenvalue weighted by Crippen LogP contribution is -2.38. The molecule has 0 bridgehead atoms. The second-order valence-corrected chi connectivity index (χ2v) is 8.21. The largest absolute Gasteiger partial charge is 0.490 e. The molecule has 1 aliphatic rings. The van der Waals surface area contributed by atoms with Gasteiger partial charge in [-0.25, -0.2) is 8.42 Å². The zero-order chi connectivity index (χ0) is 19.0. The average molecular weight is 385 g/mol. The quantitative estimate of drug-likeness (QED) is 0.604. The predicted molar refractivity (Wildman–Crippen MR) is 97.7 cm³/mol. The summed E-state index contributed by atoms with van der Waals surface area (Å²) in [4.78, 5) is 13.5. The molecule has 7 nitrogen and oxygen atoms in total. The predicted octanol–water partition coefficient (Wildman–Crippen LogP) is 1.55. The fourth-order valence-electron chi connectivity index (χ4n) is 2.59. The summed E-state index contributed by atoms with van der Waals surface area (Å²) in [5.74, 6) is -0.0175. The van der Waals surface area contributed by atoms with Crippen molar-refractivity contribution in [2.75, 3.05) is 51.8 Å². The average Bonchev–Trinajstić information content (AvgIpc) is 2.60. The van der Waals surface area contributed by atoms with Crippen LogP contribution in [0, 0.1) is 0 Å². The molecule has 8 heteroatoms. The third-order valence-electron chi connectivity index (χ3n) is 3.90. The van der Waals surface area contributed by atoms with Gasteiger partial charge in [0.25, 0.3) is 0 Å². The van der Waals surface area contributed by atoms with Crippen LogP contribution >= 0.6 is 0 Å². The fraction of sp³-hybridized carbons (Fsp3) is 0.611. The van der Waals surface area contributed by atoms with Gasteiger partial charge >= 0.3 is 0 Å². The molecule has 0 radical (unpaired) electrons. The van der Waals surface area contributed by atoms with Gasteiger partial charge in [0.2, 0.25) is 0 Å². The van der Waals surface area contributed by atoms with Crippen LogP contribution < -0.4 is 9.47 Å². The first-order valence-electron chi connectivity index (χ1n) is 8.84. The maximum absolute atomic E-state index is 12.3. The highest BCUT2D eigenvalue weighted by Crippen LogP contribution is 2.31. The third kappa shape index (κ3) is 6.26. The molecule has 1 aromatic rings. The van der Waals surface area contributed by atoms with Gasteiger partial charge in [0.15, 0.2) is 21.3 Å². The summed E-state index contributed by atoms with van der Waals surface area (Å²) in [5, 5.41) is 0. The number of hydrogen-bond acceptors (Lipinski definition) is 7. The van der Waals surface area contributed by atoms with E-state index >= 15 is 0 Å². The Morgan fingerprint density at radius 1 is 1.15 bits per heavy atom. The van der Waals surface area contributed by atoms with Crippen molar-refractivity contribution in [2.24, 2.45) is 0 Å². The second kappa shape index (κ2) is 9.89. The summed E-state index contributed by atoms with van der Waals surface area (Å²) in [5.41, 5.74) is 0. The Labute approximate surface area is 155 Å². The molecule has 1 saturated heterocycles. The summed E-state index contributed by atoms with van der Waals surface area (Å²) < 4.78 is 41.3. The Morgan fingerprint density at radius 2 is 1.85 bits per heavy atom. The maximum Gasteiger partial charge on any atom is 0.185 e. The number of sulfone groups is 1. The van der Waals surface area contributed by atoms with Gasteiger partial charge in [-0.2, -0.15) is 0 Å². The standard InChI is InChI=1S/C18H27NO6S/c1-3-9-24-18-13-16(26(21,22)14-15(2)20)4-5-17(18)25-12-8-19-6-10-23-11-7-19/h4-5,13H,3,6-12,14H2,1-2H3. The summed E-state index contributed by atoms with van der Waals surface area (Å²) in [6, 6.07) is 4.50. The van der Waals surface area contributed by atoms with Crippen LogP contribution in [0.4, 0.5) is 0 Å². The minimum atomic E-state index is -3.67. The van der Waals surface area contributed by atoms with Crippen LogP contribution in [0.2, 0.25) is 0 Å². The van der Waals surface area contributed by atoms with Crippen molar-refractivity contribution in [3.05, 3.63) is 18.2 Å². The van der Waals surface area contributed by atoms with Gasteiger partial charge in [-0.15, -0.1) is 0 Å². The van der Waals surface area contributed by atoms with E-state index in [-0.39, 0.29) is 4.90 Å². The molecule has 0 unspecified atom stereocenters. The highest BCUT2D eigenvalue weighted by atomic mass is 32.2. The molecule has 0 atom stereocenters. The van der Waals surface area contributed by atoms with Crippen molar-refractivity contribution in [3.63, 3.8) is 0 Å². The highest BCUT2D eigenvalue weighted by Gasteiger charge is 2.20. The van der Waals surface area contributed by atoms with Crippen molar-refractivity contribution in [1.82, 2.24) is 4.90 Å². The number of carbonyl (C=O) groups excluding carboxylic acids is 1. The van der Waals surface area contributed by atoms with Crippen LogP contribution in [0.5, 0.6) is 11.5 Å². The Bertz CT molecular complexity index is 698. The Morgan fingerprint density at radius 3 is 2.50 bits per heavy atom. The van der Waals surface area contributed by atoms with Crippen LogP contribution in [0.15, 0.2) is 23.1 Å². The monoisotopic (exact) mass is 385 g/mol. The number of morpholine rings is 1. The molecule has 1 aliphatic heterocycles. The van der Waals surface area contributed by atoms with Crippen molar-refractivity contribution in [2.45, 2.75) is 25.2 Å². The number of benzene rings is 1. The number of nitrogens with zero attached hydrogens (tertiary/aromatic N) is 1. The highest BCUT2D eigenvalue weighted by molar-refractivity contribution is 7.92. The van der Waals surface area contributed by atoms with Crippen molar-refractivity contribution < 1.29 is 27.4 Å². The Kier molecular flexibility index (Phi) is 7.86. The lowest BCUT2D eigenvalue weighted by atomic mass is 10.3. The summed E-state index contributed by atoms with van der Waals surface area (Å²) in [6.45, 7) is 8.14. The molecular weight excluding hydrogens is 358 g/mol. The minimum Gasteiger partial charge on any atom is -0.490 e. The van der Waals surface area contributed by atoms with Crippen molar-refractivity contribution in [1.29, 1.82) is 0 Å². The summed E-state index contributed by atoms with van der Waals surface area (Å²) in [6.07, 6.45) is 0.789. The fourth-order valence-corrected chi connectivity index (χ4v) is 3.85. The molecule has 0 saturated carbocycles. The number of rotatable bonds is 10. The van der Waals surface area contributed by atoms with Gasteiger partial charge in [-0.1, -0.05) is 6.92 Å². The van der Waals surface area contributed by atoms with Crippen LogP contribution in [-0.4, -0.2) is 70.9 Å². The second-order valence-electron chi connectivity index (χ2n) is 6.22. The van der Waals surface area contributed by atoms with Gasteiger partial charge in [-0.3, -0.25) is 9.69 Å². The smallest absolute Gasteiger partial charge is 0.185 e. The molecule has 0 spiro atoms. The lowest BCUT2D eigenvalue weighted by Gasteiger charge is -2.26. The number of Topliss-reactive ketones (excluding diaryl/α,β-unsaturated/α-hetero) is 1. The van der Waals surface area contributed by atoms with E-state index in [0.29, 0.717) is 24.7 Å². The van der Waals surface area contributed by atoms with Crippen LogP contribution in [0.1, 0.15) is 20.3 Å². The van der Waals surface area contributed by atoms with E-state index in [1.54, 1.807) is 6.07 Å². The Hall–Kier alpha value is -1.64. The molecule has 1 aromatic carbocycles. The summed E-state index contributed by atoms with van der Waals surface area (Å²) >= 11 is 0. The number of carbonyl (C=O) groups is 1. The zero-order valence-electron chi connectivity index (χ0n) is 15.4. The lowest BCUT2D eigenvalue weighted by molar-refractivity contribution is -0.114. The first kappa shape index (κ1) is 20.7. The van der Waals surface area contributed by atoms with E-state index in [1.165, 1.54) is 19.1 Å². The molecule has 1 heterocycles. The first-order chi connectivity index (χ1) is 12.4. The minimum absolute atomic E-state index is 0.0688. The van der Waals surface area contributed by atoms with E-state index in [9.17, 15) is 13.2 Å². The molecule has 0 N–H and O–H groups in total.